The standard InChI is InChI=1S/C11H13N3O/c1-8(13)11(15)14(2)10-5-3-9(7-12)4-6-10/h3-6,8H,13H2,1-2H3. The van der Waals surface area contributed by atoms with Crippen LogP contribution >= 0.6 is 0 Å². The Labute approximate surface area is 88.9 Å². The van der Waals surface area contributed by atoms with E-state index in [9.17, 15) is 4.79 Å². The molecular weight excluding hydrogens is 190 g/mol. The Bertz CT molecular complexity index is 389. The largest absolute Gasteiger partial charge is 0.320 e. The molecule has 4 nitrogen and oxygen atoms in total. The first-order chi connectivity index (χ1) is 7.06. The van der Waals surface area contributed by atoms with E-state index in [0.717, 1.165) is 5.69 Å². The number of nitrogens with two attached hydrogens (primary N) is 1. The fraction of sp³-hybridized carbons (Fsp3) is 0.273. The first-order valence-corrected chi connectivity index (χ1v) is 4.59. The first kappa shape index (κ1) is 11.2. The van der Waals surface area contributed by atoms with Crippen molar-refractivity contribution in [3.8, 4) is 6.07 Å². The fourth-order valence-electron chi connectivity index (χ4n) is 1.19. The number of hydrogen-bond donors (Lipinski definition) is 1. The number of likely N-dealkylation sites (N-methyl/N-ethyl adjacent to an activating group) is 1. The molecule has 4 heteroatoms. The zero-order valence-electron chi connectivity index (χ0n) is 8.77. The Hall–Kier alpha value is -1.86. The molecule has 0 fully saturated rings. The average Bonchev–Trinajstić information content (AvgIpc) is 2.27. The van der Waals surface area contributed by atoms with Gasteiger partial charge in [-0.2, -0.15) is 5.26 Å². The van der Waals surface area contributed by atoms with E-state index in [1.54, 1.807) is 38.2 Å². The van der Waals surface area contributed by atoms with Crippen molar-refractivity contribution in [1.29, 1.82) is 5.26 Å². The topological polar surface area (TPSA) is 70.1 Å². The molecule has 2 N–H and O–H groups in total. The number of hydrogen-bond acceptors (Lipinski definition) is 3. The maximum atomic E-state index is 11.5. The smallest absolute Gasteiger partial charge is 0.243 e. The van der Waals surface area contributed by atoms with Crippen molar-refractivity contribution >= 4 is 11.6 Å². The van der Waals surface area contributed by atoms with Crippen LogP contribution in [0.4, 0.5) is 5.69 Å². The molecule has 15 heavy (non-hydrogen) atoms. The highest BCUT2D eigenvalue weighted by Gasteiger charge is 2.14. The van der Waals surface area contributed by atoms with E-state index in [-0.39, 0.29) is 5.91 Å². The summed E-state index contributed by atoms with van der Waals surface area (Å²) >= 11 is 0. The summed E-state index contributed by atoms with van der Waals surface area (Å²) < 4.78 is 0. The lowest BCUT2D eigenvalue weighted by Crippen LogP contribution is -2.39. The molecule has 0 radical (unpaired) electrons. The summed E-state index contributed by atoms with van der Waals surface area (Å²) in [5.41, 5.74) is 6.79. The third kappa shape index (κ3) is 2.55. The van der Waals surface area contributed by atoms with E-state index >= 15 is 0 Å². The van der Waals surface area contributed by atoms with Gasteiger partial charge in [0.15, 0.2) is 0 Å². The fourth-order valence-corrected chi connectivity index (χ4v) is 1.19. The molecule has 0 heterocycles. The number of benzene rings is 1. The van der Waals surface area contributed by atoms with Crippen molar-refractivity contribution in [2.24, 2.45) is 5.73 Å². The van der Waals surface area contributed by atoms with Gasteiger partial charge in [-0.05, 0) is 31.2 Å². The maximum absolute atomic E-state index is 11.5. The van der Waals surface area contributed by atoms with Crippen LogP contribution in [0.5, 0.6) is 0 Å². The van der Waals surface area contributed by atoms with Gasteiger partial charge in [-0.15, -0.1) is 0 Å². The van der Waals surface area contributed by atoms with E-state index in [2.05, 4.69) is 0 Å². The van der Waals surface area contributed by atoms with Gasteiger partial charge in [-0.25, -0.2) is 0 Å². The summed E-state index contributed by atoms with van der Waals surface area (Å²) in [5.74, 6) is -0.153. The van der Waals surface area contributed by atoms with Gasteiger partial charge in [0.25, 0.3) is 0 Å². The minimum absolute atomic E-state index is 0.153. The second-order valence-corrected chi connectivity index (χ2v) is 3.34. The number of nitrogens with zero attached hydrogens (tertiary/aromatic N) is 2. The van der Waals surface area contributed by atoms with Crippen LogP contribution in [0.1, 0.15) is 12.5 Å². The summed E-state index contributed by atoms with van der Waals surface area (Å²) in [4.78, 5) is 13.0. The third-order valence-electron chi connectivity index (χ3n) is 2.10. The molecule has 1 atom stereocenters. The summed E-state index contributed by atoms with van der Waals surface area (Å²) in [5, 5.41) is 8.61. The van der Waals surface area contributed by atoms with E-state index in [1.807, 2.05) is 6.07 Å². The van der Waals surface area contributed by atoms with Crippen LogP contribution in [0.3, 0.4) is 0 Å². The van der Waals surface area contributed by atoms with Crippen molar-refractivity contribution < 1.29 is 4.79 Å². The lowest BCUT2D eigenvalue weighted by molar-refractivity contribution is -0.119. The van der Waals surface area contributed by atoms with Gasteiger partial charge in [-0.1, -0.05) is 0 Å². The van der Waals surface area contributed by atoms with Crippen molar-refractivity contribution in [3.63, 3.8) is 0 Å². The number of anilines is 1. The molecule has 1 aromatic carbocycles. The maximum Gasteiger partial charge on any atom is 0.243 e. The van der Waals surface area contributed by atoms with Crippen molar-refractivity contribution in [3.05, 3.63) is 29.8 Å². The quantitative estimate of drug-likeness (QED) is 0.775. The average molecular weight is 203 g/mol. The van der Waals surface area contributed by atoms with Gasteiger partial charge in [0.05, 0.1) is 17.7 Å². The van der Waals surface area contributed by atoms with E-state index < -0.39 is 6.04 Å². The molecule has 0 aliphatic heterocycles. The Morgan fingerprint density at radius 3 is 2.40 bits per heavy atom. The van der Waals surface area contributed by atoms with Crippen LogP contribution in [-0.2, 0) is 4.79 Å². The molecule has 0 aliphatic rings. The Morgan fingerprint density at radius 1 is 1.47 bits per heavy atom. The summed E-state index contributed by atoms with van der Waals surface area (Å²) in [6.45, 7) is 1.64. The monoisotopic (exact) mass is 203 g/mol. The van der Waals surface area contributed by atoms with Gasteiger partial charge < -0.3 is 10.6 Å². The molecule has 78 valence electrons. The molecule has 1 rings (SSSR count). The molecule has 0 saturated heterocycles. The Morgan fingerprint density at radius 2 is 2.00 bits per heavy atom. The number of carbonyl (C=O) groups is 1. The Balaban J connectivity index is 2.88. The molecule has 0 aliphatic carbocycles. The SMILES string of the molecule is CC(N)C(=O)N(C)c1ccc(C#N)cc1. The molecule has 1 aromatic rings. The summed E-state index contributed by atoms with van der Waals surface area (Å²) in [6, 6.07) is 8.27. The molecule has 1 amide bonds. The minimum Gasteiger partial charge on any atom is -0.320 e. The second-order valence-electron chi connectivity index (χ2n) is 3.34. The van der Waals surface area contributed by atoms with Gasteiger partial charge in [0.1, 0.15) is 0 Å². The second kappa shape index (κ2) is 4.58. The van der Waals surface area contributed by atoms with Gasteiger partial charge in [-0.3, -0.25) is 4.79 Å². The lowest BCUT2D eigenvalue weighted by atomic mass is 10.2. The summed E-state index contributed by atoms with van der Waals surface area (Å²) in [7, 11) is 1.66. The number of carbonyl (C=O) groups excluding carboxylic acids is 1. The van der Waals surface area contributed by atoms with Crippen molar-refractivity contribution in [1.82, 2.24) is 0 Å². The van der Waals surface area contributed by atoms with Crippen LogP contribution in [0.2, 0.25) is 0 Å². The molecule has 1 unspecified atom stereocenters. The summed E-state index contributed by atoms with van der Waals surface area (Å²) in [6.07, 6.45) is 0. The van der Waals surface area contributed by atoms with E-state index in [4.69, 9.17) is 11.0 Å². The van der Waals surface area contributed by atoms with E-state index in [0.29, 0.717) is 5.56 Å². The molecular formula is C11H13N3O. The normalized spacial score (nSPS) is 11.6. The molecule has 0 saturated carbocycles. The molecule has 0 bridgehead atoms. The van der Waals surface area contributed by atoms with Crippen LogP contribution in [0.15, 0.2) is 24.3 Å². The van der Waals surface area contributed by atoms with Crippen LogP contribution in [-0.4, -0.2) is 19.0 Å². The zero-order valence-corrected chi connectivity index (χ0v) is 8.77. The minimum atomic E-state index is -0.523. The first-order valence-electron chi connectivity index (χ1n) is 4.59. The van der Waals surface area contributed by atoms with Gasteiger partial charge in [0.2, 0.25) is 5.91 Å². The molecule has 0 aromatic heterocycles. The predicted molar refractivity (Wildman–Crippen MR) is 58.2 cm³/mol. The lowest BCUT2D eigenvalue weighted by Gasteiger charge is -2.19. The van der Waals surface area contributed by atoms with Crippen molar-refractivity contribution in [2.45, 2.75) is 13.0 Å². The highest BCUT2D eigenvalue weighted by atomic mass is 16.2. The number of amides is 1. The number of rotatable bonds is 2. The van der Waals surface area contributed by atoms with Crippen LogP contribution < -0.4 is 10.6 Å². The van der Waals surface area contributed by atoms with Crippen LogP contribution in [0, 0.1) is 11.3 Å². The van der Waals surface area contributed by atoms with Crippen molar-refractivity contribution in [2.75, 3.05) is 11.9 Å². The third-order valence-corrected chi connectivity index (χ3v) is 2.10. The highest BCUT2D eigenvalue weighted by molar-refractivity contribution is 5.96. The van der Waals surface area contributed by atoms with Gasteiger partial charge in [0, 0.05) is 12.7 Å². The zero-order chi connectivity index (χ0) is 11.4. The number of nitriles is 1. The predicted octanol–water partition coefficient (Wildman–Crippen LogP) is 0.868. The molecule has 0 spiro atoms. The highest BCUT2D eigenvalue weighted by Crippen LogP contribution is 2.13. The van der Waals surface area contributed by atoms with E-state index in [1.165, 1.54) is 4.90 Å². The van der Waals surface area contributed by atoms with Crippen LogP contribution in [0.25, 0.3) is 0 Å². The van der Waals surface area contributed by atoms with Gasteiger partial charge >= 0.3 is 0 Å². The Kier molecular flexibility index (Phi) is 3.42.